The van der Waals surface area contributed by atoms with Gasteiger partial charge in [-0.2, -0.15) is 0 Å². The predicted molar refractivity (Wildman–Crippen MR) is 82.2 cm³/mol. The molecule has 1 heterocycles. The van der Waals surface area contributed by atoms with Gasteiger partial charge in [0.15, 0.2) is 5.76 Å². The summed E-state index contributed by atoms with van der Waals surface area (Å²) in [5.74, 6) is -2.09. The van der Waals surface area contributed by atoms with E-state index in [1.165, 1.54) is 0 Å². The van der Waals surface area contributed by atoms with Crippen LogP contribution in [-0.4, -0.2) is 11.1 Å². The number of aryl methyl sites for hydroxylation is 1. The number of halogens is 2. The molecule has 0 saturated heterocycles. The first-order valence-electron chi connectivity index (χ1n) is 7.18. The molecule has 3 rings (SSSR count). The van der Waals surface area contributed by atoms with E-state index in [9.17, 15) is 13.6 Å². The summed E-state index contributed by atoms with van der Waals surface area (Å²) >= 11 is 0. The van der Waals surface area contributed by atoms with E-state index in [2.05, 4.69) is 5.16 Å². The van der Waals surface area contributed by atoms with Crippen molar-refractivity contribution >= 4 is 5.97 Å². The fourth-order valence-electron chi connectivity index (χ4n) is 2.11. The second-order valence-corrected chi connectivity index (χ2v) is 5.25. The van der Waals surface area contributed by atoms with Gasteiger partial charge in [-0.05, 0) is 19.1 Å². The Bertz CT molecular complexity index is 872. The normalized spacial score (nSPS) is 10.6. The molecule has 3 aromatic rings. The van der Waals surface area contributed by atoms with E-state index in [1.807, 2.05) is 31.2 Å². The van der Waals surface area contributed by atoms with E-state index in [-0.39, 0.29) is 12.2 Å². The number of nitrogens with zero attached hydrogens (tertiary/aromatic N) is 1. The maximum absolute atomic E-state index is 13.5. The molecule has 0 aliphatic carbocycles. The highest BCUT2D eigenvalue weighted by Crippen LogP contribution is 2.21. The molecule has 122 valence electrons. The Morgan fingerprint density at radius 3 is 2.58 bits per heavy atom. The fourth-order valence-corrected chi connectivity index (χ4v) is 2.11. The Kier molecular flexibility index (Phi) is 4.37. The molecule has 6 heteroatoms. The highest BCUT2D eigenvalue weighted by molar-refractivity contribution is 5.89. The Labute approximate surface area is 136 Å². The maximum atomic E-state index is 13.5. The van der Waals surface area contributed by atoms with Crippen LogP contribution in [0.1, 0.15) is 21.6 Å². The van der Waals surface area contributed by atoms with Crippen LogP contribution < -0.4 is 0 Å². The highest BCUT2D eigenvalue weighted by atomic mass is 19.1. The van der Waals surface area contributed by atoms with Gasteiger partial charge in [0.25, 0.3) is 0 Å². The van der Waals surface area contributed by atoms with Crippen LogP contribution in [0.3, 0.4) is 0 Å². The largest absolute Gasteiger partial charge is 0.455 e. The molecule has 0 aliphatic rings. The summed E-state index contributed by atoms with van der Waals surface area (Å²) in [5, 5.41) is 3.81. The Morgan fingerprint density at radius 2 is 1.88 bits per heavy atom. The third kappa shape index (κ3) is 3.48. The highest BCUT2D eigenvalue weighted by Gasteiger charge is 2.15. The van der Waals surface area contributed by atoms with Gasteiger partial charge in [-0.15, -0.1) is 0 Å². The van der Waals surface area contributed by atoms with Crippen molar-refractivity contribution < 1.29 is 22.8 Å². The van der Waals surface area contributed by atoms with Crippen molar-refractivity contribution in [2.24, 2.45) is 0 Å². The number of aromatic nitrogens is 1. The third-order valence-corrected chi connectivity index (χ3v) is 3.40. The smallest absolute Gasteiger partial charge is 0.341 e. The standard InChI is InChI=1S/C18H13F2NO3/c1-11-2-4-12(5-3-11)17-9-14(21-24-17)10-23-18(22)15-7-6-13(19)8-16(15)20/h2-9H,10H2,1H3. The summed E-state index contributed by atoms with van der Waals surface area (Å²) in [6, 6.07) is 11.9. The average molecular weight is 329 g/mol. The van der Waals surface area contributed by atoms with Crippen molar-refractivity contribution in [1.29, 1.82) is 0 Å². The summed E-state index contributed by atoms with van der Waals surface area (Å²) in [5.41, 5.74) is 2.02. The number of benzene rings is 2. The lowest BCUT2D eigenvalue weighted by Crippen LogP contribution is -2.08. The van der Waals surface area contributed by atoms with Crippen molar-refractivity contribution in [1.82, 2.24) is 5.16 Å². The molecule has 0 atom stereocenters. The van der Waals surface area contributed by atoms with Crippen LogP contribution in [0.4, 0.5) is 8.78 Å². The van der Waals surface area contributed by atoms with Gasteiger partial charge in [0.1, 0.15) is 23.9 Å². The number of rotatable bonds is 4. The summed E-state index contributed by atoms with van der Waals surface area (Å²) in [4.78, 5) is 11.8. The summed E-state index contributed by atoms with van der Waals surface area (Å²) in [6.07, 6.45) is 0. The summed E-state index contributed by atoms with van der Waals surface area (Å²) in [6.45, 7) is 1.80. The zero-order valence-corrected chi connectivity index (χ0v) is 12.8. The minimum absolute atomic E-state index is 0.176. The van der Waals surface area contributed by atoms with Crippen LogP contribution in [0.2, 0.25) is 0 Å². The summed E-state index contributed by atoms with van der Waals surface area (Å²) < 4.78 is 36.5. The van der Waals surface area contributed by atoms with Gasteiger partial charge in [0.2, 0.25) is 0 Å². The Balaban J connectivity index is 1.67. The molecule has 4 nitrogen and oxygen atoms in total. The van der Waals surface area contributed by atoms with Crippen LogP contribution in [0, 0.1) is 18.6 Å². The number of esters is 1. The lowest BCUT2D eigenvalue weighted by atomic mass is 10.1. The van der Waals surface area contributed by atoms with Crippen LogP contribution in [0.5, 0.6) is 0 Å². The Morgan fingerprint density at radius 1 is 1.12 bits per heavy atom. The van der Waals surface area contributed by atoms with E-state index >= 15 is 0 Å². The van der Waals surface area contributed by atoms with Crippen LogP contribution in [0.15, 0.2) is 53.1 Å². The molecule has 0 radical (unpaired) electrons. The van der Waals surface area contributed by atoms with Gasteiger partial charge in [-0.1, -0.05) is 35.0 Å². The monoisotopic (exact) mass is 329 g/mol. The van der Waals surface area contributed by atoms with Gasteiger partial charge in [0, 0.05) is 17.7 Å². The molecular formula is C18H13F2NO3. The Hall–Kier alpha value is -3.02. The van der Waals surface area contributed by atoms with Crippen molar-refractivity contribution in [2.75, 3.05) is 0 Å². The van der Waals surface area contributed by atoms with Gasteiger partial charge in [0.05, 0.1) is 5.56 Å². The number of ether oxygens (including phenoxy) is 1. The SMILES string of the molecule is Cc1ccc(-c2cc(COC(=O)c3ccc(F)cc3F)no2)cc1. The molecule has 0 N–H and O–H groups in total. The summed E-state index contributed by atoms with van der Waals surface area (Å²) in [7, 11) is 0. The lowest BCUT2D eigenvalue weighted by molar-refractivity contribution is 0.0459. The van der Waals surface area contributed by atoms with Crippen molar-refractivity contribution in [3.8, 4) is 11.3 Å². The first kappa shape index (κ1) is 15.9. The van der Waals surface area contributed by atoms with Gasteiger partial charge in [-0.25, -0.2) is 13.6 Å². The zero-order valence-electron chi connectivity index (χ0n) is 12.8. The molecule has 0 spiro atoms. The topological polar surface area (TPSA) is 52.3 Å². The second-order valence-electron chi connectivity index (χ2n) is 5.25. The molecule has 1 aromatic heterocycles. The fraction of sp³-hybridized carbons (Fsp3) is 0.111. The van der Waals surface area contributed by atoms with Gasteiger partial charge < -0.3 is 9.26 Å². The molecule has 0 fully saturated rings. The number of hydrogen-bond donors (Lipinski definition) is 0. The number of carbonyl (C=O) groups excluding carboxylic acids is 1. The molecule has 0 aliphatic heterocycles. The zero-order chi connectivity index (χ0) is 17.1. The van der Waals surface area contributed by atoms with E-state index in [0.29, 0.717) is 17.5 Å². The molecule has 0 saturated carbocycles. The number of hydrogen-bond acceptors (Lipinski definition) is 4. The first-order chi connectivity index (χ1) is 11.5. The lowest BCUT2D eigenvalue weighted by Gasteiger charge is -2.03. The molecule has 0 bridgehead atoms. The molecular weight excluding hydrogens is 316 g/mol. The molecule has 0 unspecified atom stereocenters. The van der Waals surface area contributed by atoms with E-state index in [1.54, 1.807) is 6.07 Å². The number of carbonyl (C=O) groups is 1. The van der Waals surface area contributed by atoms with E-state index in [4.69, 9.17) is 9.26 Å². The predicted octanol–water partition coefficient (Wildman–Crippen LogP) is 4.29. The quantitative estimate of drug-likeness (QED) is 0.670. The van der Waals surface area contributed by atoms with Crippen molar-refractivity contribution in [3.05, 3.63) is 77.0 Å². The molecule has 24 heavy (non-hydrogen) atoms. The van der Waals surface area contributed by atoms with Crippen LogP contribution in [0.25, 0.3) is 11.3 Å². The van der Waals surface area contributed by atoms with Crippen LogP contribution >= 0.6 is 0 Å². The average Bonchev–Trinajstić information content (AvgIpc) is 3.02. The second kappa shape index (κ2) is 6.62. The van der Waals surface area contributed by atoms with Gasteiger partial charge >= 0.3 is 5.97 Å². The third-order valence-electron chi connectivity index (χ3n) is 3.40. The van der Waals surface area contributed by atoms with E-state index in [0.717, 1.165) is 23.3 Å². The van der Waals surface area contributed by atoms with Crippen LogP contribution in [-0.2, 0) is 11.3 Å². The van der Waals surface area contributed by atoms with Gasteiger partial charge in [-0.3, -0.25) is 0 Å². The first-order valence-corrected chi connectivity index (χ1v) is 7.18. The molecule has 2 aromatic carbocycles. The maximum Gasteiger partial charge on any atom is 0.341 e. The van der Waals surface area contributed by atoms with Crippen molar-refractivity contribution in [3.63, 3.8) is 0 Å². The minimum atomic E-state index is -0.972. The van der Waals surface area contributed by atoms with Crippen molar-refractivity contribution in [2.45, 2.75) is 13.5 Å². The molecule has 0 amide bonds. The van der Waals surface area contributed by atoms with E-state index < -0.39 is 17.6 Å². The minimum Gasteiger partial charge on any atom is -0.455 e.